The lowest BCUT2D eigenvalue weighted by Crippen LogP contribution is -2.37. The molecule has 2 rings (SSSR count). The number of hydrogen-bond acceptors (Lipinski definition) is 4. The Balaban J connectivity index is 2.23. The van der Waals surface area contributed by atoms with Crippen LogP contribution in [0.2, 0.25) is 0 Å². The van der Waals surface area contributed by atoms with Crippen LogP contribution in [0.25, 0.3) is 0 Å². The molecule has 1 aromatic carbocycles. The van der Waals surface area contributed by atoms with E-state index >= 15 is 0 Å². The molecule has 1 aliphatic heterocycles. The first-order valence-corrected chi connectivity index (χ1v) is 8.82. The molecule has 0 aliphatic carbocycles. The lowest BCUT2D eigenvalue weighted by molar-refractivity contribution is -0.129. The summed E-state index contributed by atoms with van der Waals surface area (Å²) >= 11 is 0. The van der Waals surface area contributed by atoms with Gasteiger partial charge in [-0.2, -0.15) is 0 Å². The van der Waals surface area contributed by atoms with E-state index in [0.717, 1.165) is 24.2 Å². The van der Waals surface area contributed by atoms with Crippen LogP contribution in [0.5, 0.6) is 5.75 Å². The maximum atomic E-state index is 12.6. The van der Waals surface area contributed by atoms with Crippen LogP contribution in [-0.4, -0.2) is 50.6 Å². The van der Waals surface area contributed by atoms with Crippen LogP contribution in [0.15, 0.2) is 24.3 Å². The lowest BCUT2D eigenvalue weighted by Gasteiger charge is -2.28. The maximum absolute atomic E-state index is 12.6. The largest absolute Gasteiger partial charge is 0.497 e. The molecule has 2 unspecified atom stereocenters. The molecule has 0 bridgehead atoms. The van der Waals surface area contributed by atoms with Gasteiger partial charge in [0.15, 0.2) is 0 Å². The molecule has 1 heterocycles. The minimum Gasteiger partial charge on any atom is -0.497 e. The minimum atomic E-state index is -0.380. The molecular formula is C19H28N2O4. The summed E-state index contributed by atoms with van der Waals surface area (Å²) in [6.07, 6.45) is 2.18. The Kier molecular flexibility index (Phi) is 7.25. The van der Waals surface area contributed by atoms with Gasteiger partial charge in [0.25, 0.3) is 0 Å². The van der Waals surface area contributed by atoms with Crippen LogP contribution in [0.1, 0.15) is 37.8 Å². The van der Waals surface area contributed by atoms with Crippen molar-refractivity contribution >= 4 is 11.8 Å². The van der Waals surface area contributed by atoms with Gasteiger partial charge in [-0.1, -0.05) is 25.5 Å². The number of amides is 2. The van der Waals surface area contributed by atoms with Crippen LogP contribution in [0, 0.1) is 5.92 Å². The first-order valence-electron chi connectivity index (χ1n) is 8.82. The quantitative estimate of drug-likeness (QED) is 0.695. The van der Waals surface area contributed by atoms with Gasteiger partial charge in [0.2, 0.25) is 11.8 Å². The molecule has 25 heavy (non-hydrogen) atoms. The van der Waals surface area contributed by atoms with Gasteiger partial charge in [-0.05, 0) is 24.1 Å². The average Bonchev–Trinajstić information content (AvgIpc) is 2.96. The third kappa shape index (κ3) is 4.72. The highest BCUT2D eigenvalue weighted by molar-refractivity contribution is 5.90. The topological polar surface area (TPSA) is 67.9 Å². The summed E-state index contributed by atoms with van der Waals surface area (Å²) in [5.74, 6) is 0.329. The van der Waals surface area contributed by atoms with Crippen molar-refractivity contribution in [2.45, 2.75) is 32.2 Å². The van der Waals surface area contributed by atoms with E-state index in [1.54, 1.807) is 14.2 Å². The molecule has 0 radical (unpaired) electrons. The van der Waals surface area contributed by atoms with Crippen molar-refractivity contribution in [2.75, 3.05) is 33.9 Å². The zero-order valence-corrected chi connectivity index (χ0v) is 15.3. The van der Waals surface area contributed by atoms with Crippen molar-refractivity contribution in [2.24, 2.45) is 5.92 Å². The van der Waals surface area contributed by atoms with E-state index in [-0.39, 0.29) is 30.2 Å². The molecule has 0 saturated carbocycles. The number of ether oxygens (including phenoxy) is 2. The summed E-state index contributed by atoms with van der Waals surface area (Å²) in [5, 5.41) is 2.88. The number of nitrogens with zero attached hydrogens (tertiary/aromatic N) is 1. The number of hydrogen-bond donors (Lipinski definition) is 1. The van der Waals surface area contributed by atoms with E-state index < -0.39 is 0 Å². The number of carbonyl (C=O) groups excluding carboxylic acids is 2. The molecule has 2 atom stereocenters. The molecule has 0 aromatic heterocycles. The Hall–Kier alpha value is -2.08. The Labute approximate surface area is 149 Å². The number of methoxy groups -OCH3 is 2. The van der Waals surface area contributed by atoms with Crippen molar-refractivity contribution in [3.63, 3.8) is 0 Å². The van der Waals surface area contributed by atoms with E-state index in [9.17, 15) is 9.59 Å². The molecular weight excluding hydrogens is 320 g/mol. The summed E-state index contributed by atoms with van der Waals surface area (Å²) in [5.41, 5.74) is 0.967. The molecule has 1 N–H and O–H groups in total. The number of nitrogens with one attached hydrogen (secondary N) is 1. The van der Waals surface area contributed by atoms with Gasteiger partial charge in [0, 0.05) is 26.6 Å². The van der Waals surface area contributed by atoms with Crippen LogP contribution in [0.3, 0.4) is 0 Å². The lowest BCUT2D eigenvalue weighted by atomic mass is 9.92. The van der Waals surface area contributed by atoms with E-state index in [0.29, 0.717) is 19.7 Å². The number of likely N-dealkylation sites (tertiary alicyclic amines) is 1. The van der Waals surface area contributed by atoms with Crippen LogP contribution in [0.4, 0.5) is 0 Å². The summed E-state index contributed by atoms with van der Waals surface area (Å²) < 4.78 is 10.2. The third-order valence-electron chi connectivity index (χ3n) is 4.58. The fourth-order valence-electron chi connectivity index (χ4n) is 3.24. The van der Waals surface area contributed by atoms with E-state index in [4.69, 9.17) is 9.47 Å². The highest BCUT2D eigenvalue weighted by Gasteiger charge is 2.43. The van der Waals surface area contributed by atoms with Gasteiger partial charge in [-0.15, -0.1) is 0 Å². The molecule has 6 nitrogen and oxygen atoms in total. The summed E-state index contributed by atoms with van der Waals surface area (Å²) in [6.45, 7) is 3.68. The maximum Gasteiger partial charge on any atom is 0.226 e. The van der Waals surface area contributed by atoms with Crippen LogP contribution in [-0.2, 0) is 14.3 Å². The minimum absolute atomic E-state index is 0.0427. The van der Waals surface area contributed by atoms with E-state index in [2.05, 4.69) is 12.2 Å². The van der Waals surface area contributed by atoms with Gasteiger partial charge >= 0.3 is 0 Å². The second kappa shape index (κ2) is 9.42. The first-order chi connectivity index (χ1) is 12.1. The van der Waals surface area contributed by atoms with E-state index in [1.807, 2.05) is 29.2 Å². The predicted molar refractivity (Wildman–Crippen MR) is 95.3 cm³/mol. The Morgan fingerprint density at radius 1 is 1.28 bits per heavy atom. The highest BCUT2D eigenvalue weighted by atomic mass is 16.5. The Bertz CT molecular complexity index is 573. The first kappa shape index (κ1) is 19.2. The van der Waals surface area contributed by atoms with Crippen molar-refractivity contribution in [3.8, 4) is 5.75 Å². The average molecular weight is 348 g/mol. The molecule has 6 heteroatoms. The third-order valence-corrected chi connectivity index (χ3v) is 4.58. The second-order valence-corrected chi connectivity index (χ2v) is 6.25. The second-order valence-electron chi connectivity index (χ2n) is 6.25. The molecule has 0 spiro atoms. The van der Waals surface area contributed by atoms with Crippen LogP contribution < -0.4 is 10.1 Å². The normalized spacial score (nSPS) is 20.0. The Morgan fingerprint density at radius 2 is 2.00 bits per heavy atom. The molecule has 1 aliphatic rings. The van der Waals surface area contributed by atoms with Gasteiger partial charge in [0.05, 0.1) is 25.7 Å². The zero-order chi connectivity index (χ0) is 18.2. The van der Waals surface area contributed by atoms with Gasteiger partial charge in [-0.3, -0.25) is 9.59 Å². The number of unbranched alkanes of at least 4 members (excludes halogenated alkanes) is 1. The number of carbonyl (C=O) groups is 2. The van der Waals surface area contributed by atoms with Crippen molar-refractivity contribution in [1.82, 2.24) is 10.2 Å². The predicted octanol–water partition coefficient (Wildman–Crippen LogP) is 2.15. The molecule has 1 fully saturated rings. The monoisotopic (exact) mass is 348 g/mol. The smallest absolute Gasteiger partial charge is 0.226 e. The highest BCUT2D eigenvalue weighted by Crippen LogP contribution is 2.39. The fourth-order valence-corrected chi connectivity index (χ4v) is 3.24. The van der Waals surface area contributed by atoms with Gasteiger partial charge in [-0.25, -0.2) is 0 Å². The van der Waals surface area contributed by atoms with E-state index in [1.165, 1.54) is 0 Å². The number of rotatable bonds is 9. The molecule has 138 valence electrons. The summed E-state index contributed by atoms with van der Waals surface area (Å²) in [4.78, 5) is 27.0. The molecule has 1 aromatic rings. The molecule has 2 amide bonds. The van der Waals surface area contributed by atoms with Crippen molar-refractivity contribution in [3.05, 3.63) is 29.8 Å². The number of benzene rings is 1. The zero-order valence-electron chi connectivity index (χ0n) is 15.3. The SMILES string of the molecule is CCCCN1C(=O)CC(C(=O)NCCOC)C1c1ccc(OC)cc1. The van der Waals surface area contributed by atoms with Crippen molar-refractivity contribution < 1.29 is 19.1 Å². The molecule has 1 saturated heterocycles. The summed E-state index contributed by atoms with van der Waals surface area (Å²) in [6, 6.07) is 7.39. The standard InChI is InChI=1S/C19H28N2O4/c1-4-5-11-21-17(22)13-16(19(23)20-10-12-24-2)18(21)14-6-8-15(25-3)9-7-14/h6-9,16,18H,4-5,10-13H2,1-3H3,(H,20,23). The van der Waals surface area contributed by atoms with Gasteiger partial charge < -0.3 is 19.7 Å². The Morgan fingerprint density at radius 3 is 2.60 bits per heavy atom. The fraction of sp³-hybridized carbons (Fsp3) is 0.579. The summed E-state index contributed by atoms with van der Waals surface area (Å²) in [7, 11) is 3.21. The van der Waals surface area contributed by atoms with Gasteiger partial charge in [0.1, 0.15) is 5.75 Å². The van der Waals surface area contributed by atoms with Crippen molar-refractivity contribution in [1.29, 1.82) is 0 Å². The van der Waals surface area contributed by atoms with Crippen LogP contribution >= 0.6 is 0 Å².